The number of aromatic hydroxyl groups is 1. The van der Waals surface area contributed by atoms with Gasteiger partial charge in [0.1, 0.15) is 5.56 Å². The molecule has 0 aliphatic heterocycles. The normalized spacial score (nSPS) is 15.2. The van der Waals surface area contributed by atoms with Crippen LogP contribution in [0.5, 0.6) is 5.88 Å². The number of rotatable bonds is 8. The highest BCUT2D eigenvalue weighted by Crippen LogP contribution is 2.39. The van der Waals surface area contributed by atoms with Crippen molar-refractivity contribution in [2.75, 3.05) is 11.4 Å². The largest absolute Gasteiger partial charge is 0.494 e. The molecule has 1 N–H and O–H groups in total. The van der Waals surface area contributed by atoms with Crippen LogP contribution in [0.25, 0.3) is 27.1 Å². The Morgan fingerprint density at radius 2 is 1.51 bits per heavy atom. The van der Waals surface area contributed by atoms with Crippen molar-refractivity contribution in [3.8, 4) is 5.88 Å². The molecule has 51 heavy (non-hydrogen) atoms. The first kappa shape index (κ1) is 35.1. The SMILES string of the molecule is CCN(/C(C)=C/C=C1\CCCC(/C=C/C(C)=N/c2ccc3ccccc3c2C)=C1c1c(O)n(C)c(=O)n(C)c1=O)c1ccc2ccccc2c1C. The topological polar surface area (TPSA) is 79.8 Å². The molecule has 0 fully saturated rings. The number of aryl methyl sites for hydroxylation is 2. The molecule has 7 nitrogen and oxygen atoms in total. The number of aliphatic imine (C=N–C) groups is 1. The molecule has 0 radical (unpaired) electrons. The van der Waals surface area contributed by atoms with Crippen molar-refractivity contribution >= 4 is 44.2 Å². The van der Waals surface area contributed by atoms with Crippen LogP contribution in [0, 0.1) is 13.8 Å². The molecular formula is C44H46N4O3. The fourth-order valence-corrected chi connectivity index (χ4v) is 7.25. The molecule has 6 rings (SSSR count). The van der Waals surface area contributed by atoms with E-state index in [9.17, 15) is 14.7 Å². The Hall–Kier alpha value is -5.69. The number of fused-ring (bicyclic) bond motifs is 2. The molecule has 5 aromatic rings. The minimum absolute atomic E-state index is 0.133. The van der Waals surface area contributed by atoms with Crippen molar-refractivity contribution in [1.82, 2.24) is 9.13 Å². The molecule has 0 atom stereocenters. The van der Waals surface area contributed by atoms with Gasteiger partial charge >= 0.3 is 5.69 Å². The van der Waals surface area contributed by atoms with Gasteiger partial charge in [-0.15, -0.1) is 0 Å². The van der Waals surface area contributed by atoms with Crippen LogP contribution in [0.15, 0.2) is 129 Å². The van der Waals surface area contributed by atoms with E-state index in [0.29, 0.717) is 18.4 Å². The van der Waals surface area contributed by atoms with Gasteiger partial charge in [-0.05, 0) is 128 Å². The van der Waals surface area contributed by atoms with Crippen LogP contribution in [0.1, 0.15) is 56.7 Å². The Morgan fingerprint density at radius 3 is 2.20 bits per heavy atom. The summed E-state index contributed by atoms with van der Waals surface area (Å²) in [6.45, 7) is 11.2. The first-order valence-electron chi connectivity index (χ1n) is 17.6. The third-order valence-corrected chi connectivity index (χ3v) is 10.1. The second-order valence-corrected chi connectivity index (χ2v) is 13.4. The molecule has 0 unspecified atom stereocenters. The molecule has 1 heterocycles. The Bertz CT molecular complexity index is 2450. The Balaban J connectivity index is 1.46. The first-order chi connectivity index (χ1) is 24.5. The molecule has 1 aliphatic rings. The predicted molar refractivity (Wildman–Crippen MR) is 213 cm³/mol. The number of hydrogen-bond acceptors (Lipinski definition) is 5. The lowest BCUT2D eigenvalue weighted by atomic mass is 9.83. The van der Waals surface area contributed by atoms with Gasteiger partial charge in [-0.1, -0.05) is 72.8 Å². The van der Waals surface area contributed by atoms with Gasteiger partial charge < -0.3 is 10.0 Å². The van der Waals surface area contributed by atoms with E-state index in [-0.39, 0.29) is 11.4 Å². The molecule has 0 spiro atoms. The zero-order valence-electron chi connectivity index (χ0n) is 30.6. The molecule has 260 valence electrons. The molecule has 0 bridgehead atoms. The van der Waals surface area contributed by atoms with Gasteiger partial charge in [0.25, 0.3) is 5.56 Å². The summed E-state index contributed by atoms with van der Waals surface area (Å²) in [5.74, 6) is -0.336. The summed E-state index contributed by atoms with van der Waals surface area (Å²) < 4.78 is 2.20. The standard InChI is InChI=1S/C44H46N4O3/c1-8-48(39-27-25-33-15-10-12-19-37(33)31(39)5)29(3)21-23-35-17-13-16-34(40(35)41-42(49)46(6)44(51)47(7)43(41)50)22-20-28(2)45-38-26-24-32-14-9-11-18-36(32)30(38)4/h9-12,14-15,18-27,49H,8,13,16-17H2,1-7H3/b22-20+,29-21+,35-23+,45-28+. The van der Waals surface area contributed by atoms with Gasteiger partial charge in [-0.3, -0.25) is 18.9 Å². The molecule has 0 amide bonds. The second-order valence-electron chi connectivity index (χ2n) is 13.4. The lowest BCUT2D eigenvalue weighted by Gasteiger charge is -2.27. The lowest BCUT2D eigenvalue weighted by molar-refractivity contribution is 0.409. The van der Waals surface area contributed by atoms with Gasteiger partial charge in [0.2, 0.25) is 5.88 Å². The Morgan fingerprint density at radius 1 is 0.863 bits per heavy atom. The van der Waals surface area contributed by atoms with Crippen LogP contribution >= 0.6 is 0 Å². The fourth-order valence-electron chi connectivity index (χ4n) is 7.25. The van der Waals surface area contributed by atoms with E-state index in [4.69, 9.17) is 4.99 Å². The van der Waals surface area contributed by atoms with Crippen LogP contribution in [-0.2, 0) is 14.1 Å². The maximum atomic E-state index is 13.8. The fraction of sp³-hybridized carbons (Fsp3) is 0.250. The summed E-state index contributed by atoms with van der Waals surface area (Å²) >= 11 is 0. The number of anilines is 1. The van der Waals surface area contributed by atoms with Crippen molar-refractivity contribution in [3.05, 3.63) is 151 Å². The van der Waals surface area contributed by atoms with E-state index in [2.05, 4.69) is 99.3 Å². The Labute approximate surface area is 299 Å². The maximum Gasteiger partial charge on any atom is 0.333 e. The van der Waals surface area contributed by atoms with Crippen molar-refractivity contribution < 1.29 is 5.11 Å². The quantitative estimate of drug-likeness (QED) is 0.166. The molecule has 4 aromatic carbocycles. The average Bonchev–Trinajstić information content (AvgIpc) is 3.14. The van der Waals surface area contributed by atoms with E-state index in [1.165, 1.54) is 41.2 Å². The van der Waals surface area contributed by atoms with Crippen molar-refractivity contribution in [2.24, 2.45) is 19.1 Å². The summed E-state index contributed by atoms with van der Waals surface area (Å²) in [6.07, 6.45) is 10.4. The van der Waals surface area contributed by atoms with E-state index >= 15 is 0 Å². The van der Waals surface area contributed by atoms with Crippen LogP contribution in [0.2, 0.25) is 0 Å². The lowest BCUT2D eigenvalue weighted by Crippen LogP contribution is -2.38. The van der Waals surface area contributed by atoms with Crippen molar-refractivity contribution in [3.63, 3.8) is 0 Å². The van der Waals surface area contributed by atoms with Gasteiger partial charge in [0, 0.05) is 37.7 Å². The first-order valence-corrected chi connectivity index (χ1v) is 17.6. The summed E-state index contributed by atoms with van der Waals surface area (Å²) in [6, 6.07) is 25.2. The van der Waals surface area contributed by atoms with E-state index in [1.807, 2.05) is 37.3 Å². The van der Waals surface area contributed by atoms with E-state index in [1.54, 1.807) is 0 Å². The minimum Gasteiger partial charge on any atom is -0.494 e. The van der Waals surface area contributed by atoms with Crippen LogP contribution in [-0.4, -0.2) is 26.5 Å². The maximum absolute atomic E-state index is 13.8. The molecule has 0 saturated carbocycles. The van der Waals surface area contributed by atoms with E-state index in [0.717, 1.165) is 61.6 Å². The molecule has 7 heteroatoms. The van der Waals surface area contributed by atoms with Crippen LogP contribution in [0.4, 0.5) is 11.4 Å². The minimum atomic E-state index is -0.575. The number of hydrogen-bond donors (Lipinski definition) is 1. The highest BCUT2D eigenvalue weighted by Gasteiger charge is 2.26. The summed E-state index contributed by atoms with van der Waals surface area (Å²) in [7, 11) is 2.94. The summed E-state index contributed by atoms with van der Waals surface area (Å²) in [5, 5.41) is 16.1. The van der Waals surface area contributed by atoms with Gasteiger partial charge in [-0.25, -0.2) is 4.79 Å². The van der Waals surface area contributed by atoms with Gasteiger partial charge in [-0.2, -0.15) is 0 Å². The number of allylic oxidation sites excluding steroid dienone is 8. The molecule has 1 aromatic heterocycles. The van der Waals surface area contributed by atoms with E-state index < -0.39 is 11.2 Å². The third-order valence-electron chi connectivity index (χ3n) is 10.1. The average molecular weight is 679 g/mol. The number of nitrogens with zero attached hydrogens (tertiary/aromatic N) is 4. The zero-order valence-corrected chi connectivity index (χ0v) is 30.6. The highest BCUT2D eigenvalue weighted by atomic mass is 16.3. The van der Waals surface area contributed by atoms with Crippen molar-refractivity contribution in [2.45, 2.75) is 53.9 Å². The summed E-state index contributed by atoms with van der Waals surface area (Å²) in [5.41, 5.74) is 7.78. The smallest absolute Gasteiger partial charge is 0.333 e. The highest BCUT2D eigenvalue weighted by molar-refractivity contribution is 5.98. The predicted octanol–water partition coefficient (Wildman–Crippen LogP) is 9.36. The third kappa shape index (κ3) is 6.76. The molecule has 0 saturated heterocycles. The van der Waals surface area contributed by atoms with Gasteiger partial charge in [0.15, 0.2) is 0 Å². The van der Waals surface area contributed by atoms with Gasteiger partial charge in [0.05, 0.1) is 5.69 Å². The zero-order chi connectivity index (χ0) is 36.4. The molecular weight excluding hydrogens is 633 g/mol. The molecule has 1 aliphatic carbocycles. The van der Waals surface area contributed by atoms with Crippen molar-refractivity contribution in [1.29, 1.82) is 0 Å². The van der Waals surface area contributed by atoms with Crippen LogP contribution < -0.4 is 16.1 Å². The summed E-state index contributed by atoms with van der Waals surface area (Å²) in [4.78, 5) is 33.8. The van der Waals surface area contributed by atoms with Crippen LogP contribution in [0.3, 0.4) is 0 Å². The Kier molecular flexibility index (Phi) is 10.1. The monoisotopic (exact) mass is 678 g/mol. The number of aromatic nitrogens is 2. The second kappa shape index (κ2) is 14.7. The number of benzene rings is 4.